The van der Waals surface area contributed by atoms with Crippen LogP contribution in [0, 0.1) is 0 Å². The van der Waals surface area contributed by atoms with Crippen molar-refractivity contribution in [3.63, 3.8) is 0 Å². The zero-order valence-electron chi connectivity index (χ0n) is 10.3. The van der Waals surface area contributed by atoms with Gasteiger partial charge in [-0.1, -0.05) is 38.9 Å². The highest BCUT2D eigenvalue weighted by Crippen LogP contribution is 2.18. The summed E-state index contributed by atoms with van der Waals surface area (Å²) in [5.74, 6) is 0. The molecule has 1 atom stereocenters. The van der Waals surface area contributed by atoms with Crippen LogP contribution in [0.4, 0.5) is 0 Å². The van der Waals surface area contributed by atoms with Crippen LogP contribution in [0.15, 0.2) is 30.3 Å². The zero-order chi connectivity index (χ0) is 11.9. The Morgan fingerprint density at radius 1 is 1.12 bits per heavy atom. The van der Waals surface area contributed by atoms with Gasteiger partial charge in [-0.05, 0) is 30.5 Å². The summed E-state index contributed by atoms with van der Waals surface area (Å²) in [5, 5.41) is 1.45. The van der Waals surface area contributed by atoms with E-state index in [1.165, 1.54) is 17.9 Å². The summed E-state index contributed by atoms with van der Waals surface area (Å²) in [6.07, 6.45) is 2.43. The topological polar surface area (TPSA) is 18.5 Å². The fraction of sp³-hybridized carbons (Fsp3) is 0.500. The van der Waals surface area contributed by atoms with Crippen molar-refractivity contribution in [1.29, 1.82) is 0 Å². The minimum absolute atomic E-state index is 0.904. The van der Waals surface area contributed by atoms with Gasteiger partial charge in [-0.15, -0.1) is 0 Å². The molecule has 0 bridgehead atoms. The Hall–Kier alpha value is -0.213. The van der Waals surface area contributed by atoms with Crippen LogP contribution in [-0.4, -0.2) is 28.9 Å². The second-order valence-electron chi connectivity index (χ2n) is 3.94. The largest absolute Gasteiger partial charge is 0.398 e. The van der Waals surface area contributed by atoms with Gasteiger partial charge in [-0.25, -0.2) is 0 Å². The minimum atomic E-state index is -1.83. The molecule has 0 aliphatic carbocycles. The van der Waals surface area contributed by atoms with Crippen LogP contribution in [0.1, 0.15) is 6.42 Å². The van der Waals surface area contributed by atoms with Crippen LogP contribution in [0.25, 0.3) is 0 Å². The molecule has 0 aliphatic rings. The molecule has 0 saturated carbocycles. The van der Waals surface area contributed by atoms with E-state index in [9.17, 15) is 0 Å². The van der Waals surface area contributed by atoms with E-state index in [1.807, 2.05) is 0 Å². The Balaban J connectivity index is 2.22. The molecule has 90 valence electrons. The second kappa shape index (κ2) is 7.18. The van der Waals surface area contributed by atoms with Gasteiger partial charge in [0.15, 0.2) is 0 Å². The maximum Gasteiger partial charge on any atom is 0.334 e. The van der Waals surface area contributed by atoms with Crippen LogP contribution in [0.3, 0.4) is 0 Å². The molecule has 0 heterocycles. The first-order valence-electron chi connectivity index (χ1n) is 5.59. The van der Waals surface area contributed by atoms with Gasteiger partial charge in [0.1, 0.15) is 0 Å². The molecule has 1 unspecified atom stereocenters. The average molecular weight is 256 g/mol. The van der Waals surface area contributed by atoms with Crippen molar-refractivity contribution in [2.75, 3.05) is 20.4 Å². The van der Waals surface area contributed by atoms with Crippen LogP contribution >= 0.6 is 8.58 Å². The number of hydrogen-bond acceptors (Lipinski definition) is 2. The lowest BCUT2D eigenvalue weighted by Gasteiger charge is -2.22. The van der Waals surface area contributed by atoms with Crippen LogP contribution in [0.5, 0.6) is 0 Å². The third-order valence-corrected chi connectivity index (χ3v) is 7.11. The van der Waals surface area contributed by atoms with E-state index in [0.29, 0.717) is 0 Å². The van der Waals surface area contributed by atoms with Gasteiger partial charge in [-0.3, -0.25) is 0 Å². The SMILES string of the molecule is CO[Si](C)(CCCPc1ccccc1)OC. The van der Waals surface area contributed by atoms with Crippen molar-refractivity contribution in [2.24, 2.45) is 0 Å². The molecule has 0 saturated heterocycles. The Bertz CT molecular complexity index is 288. The van der Waals surface area contributed by atoms with E-state index in [2.05, 4.69) is 36.9 Å². The molecule has 4 heteroatoms. The Morgan fingerprint density at radius 3 is 2.31 bits per heavy atom. The summed E-state index contributed by atoms with van der Waals surface area (Å²) in [6, 6.07) is 11.7. The van der Waals surface area contributed by atoms with E-state index < -0.39 is 8.56 Å². The highest BCUT2D eigenvalue weighted by Gasteiger charge is 2.27. The lowest BCUT2D eigenvalue weighted by atomic mass is 10.4. The lowest BCUT2D eigenvalue weighted by Crippen LogP contribution is -2.35. The third-order valence-electron chi connectivity index (χ3n) is 2.77. The van der Waals surface area contributed by atoms with Crippen LogP contribution in [0.2, 0.25) is 12.6 Å². The number of benzene rings is 1. The van der Waals surface area contributed by atoms with Gasteiger partial charge >= 0.3 is 8.56 Å². The molecular weight excluding hydrogens is 235 g/mol. The summed E-state index contributed by atoms with van der Waals surface area (Å²) >= 11 is 0. The Kier molecular flexibility index (Phi) is 6.21. The summed E-state index contributed by atoms with van der Waals surface area (Å²) in [4.78, 5) is 0. The van der Waals surface area contributed by atoms with Gasteiger partial charge in [0, 0.05) is 14.2 Å². The van der Waals surface area contributed by atoms with Gasteiger partial charge in [-0.2, -0.15) is 0 Å². The molecule has 0 N–H and O–H groups in total. The Labute approximate surface area is 101 Å². The first-order valence-corrected chi connectivity index (χ1v) is 9.32. The first-order chi connectivity index (χ1) is 7.70. The van der Waals surface area contributed by atoms with E-state index in [0.717, 1.165) is 14.6 Å². The van der Waals surface area contributed by atoms with Crippen molar-refractivity contribution >= 4 is 22.4 Å². The normalized spacial score (nSPS) is 12.4. The second-order valence-corrected chi connectivity index (χ2v) is 8.95. The summed E-state index contributed by atoms with van der Waals surface area (Å²) in [6.45, 7) is 2.12. The molecule has 2 nitrogen and oxygen atoms in total. The maximum absolute atomic E-state index is 5.46. The maximum atomic E-state index is 5.46. The van der Waals surface area contributed by atoms with E-state index >= 15 is 0 Å². The quantitative estimate of drug-likeness (QED) is 0.424. The molecule has 0 radical (unpaired) electrons. The van der Waals surface area contributed by atoms with Gasteiger partial charge in [0.05, 0.1) is 0 Å². The molecule has 1 rings (SSSR count). The molecular formula is C12H21O2PSi. The standard InChI is InChI=1S/C12H21O2PSi/c1-13-16(3,14-2)11-7-10-15-12-8-5-4-6-9-12/h4-6,8-9,15H,7,10-11H2,1-3H3. The highest BCUT2D eigenvalue weighted by atomic mass is 31.1. The summed E-state index contributed by atoms with van der Waals surface area (Å²) in [5.41, 5.74) is 0. The van der Waals surface area contributed by atoms with Crippen LogP contribution < -0.4 is 5.30 Å². The zero-order valence-corrected chi connectivity index (χ0v) is 12.3. The summed E-state index contributed by atoms with van der Waals surface area (Å²) in [7, 11) is 2.59. The van der Waals surface area contributed by atoms with Gasteiger partial charge in [0.25, 0.3) is 0 Å². The van der Waals surface area contributed by atoms with Crippen molar-refractivity contribution in [3.8, 4) is 0 Å². The average Bonchev–Trinajstić information content (AvgIpc) is 2.36. The van der Waals surface area contributed by atoms with Crippen LogP contribution in [-0.2, 0) is 8.85 Å². The smallest absolute Gasteiger partial charge is 0.334 e. The number of rotatable bonds is 7. The van der Waals surface area contributed by atoms with Crippen molar-refractivity contribution < 1.29 is 8.85 Å². The molecule has 0 aromatic heterocycles. The minimum Gasteiger partial charge on any atom is -0.398 e. The number of hydrogen-bond donors (Lipinski definition) is 0. The monoisotopic (exact) mass is 256 g/mol. The van der Waals surface area contributed by atoms with Gasteiger partial charge in [0.2, 0.25) is 0 Å². The van der Waals surface area contributed by atoms with E-state index in [1.54, 1.807) is 14.2 Å². The fourth-order valence-corrected chi connectivity index (χ4v) is 4.30. The molecule has 0 fully saturated rings. The lowest BCUT2D eigenvalue weighted by molar-refractivity contribution is 0.249. The highest BCUT2D eigenvalue weighted by molar-refractivity contribution is 7.47. The van der Waals surface area contributed by atoms with Crippen molar-refractivity contribution in [1.82, 2.24) is 0 Å². The van der Waals surface area contributed by atoms with E-state index in [4.69, 9.17) is 8.85 Å². The molecule has 1 aromatic rings. The molecule has 16 heavy (non-hydrogen) atoms. The molecule has 1 aromatic carbocycles. The predicted molar refractivity (Wildman–Crippen MR) is 74.3 cm³/mol. The summed E-state index contributed by atoms with van der Waals surface area (Å²) < 4.78 is 10.9. The third kappa shape index (κ3) is 4.75. The first kappa shape index (κ1) is 13.9. The van der Waals surface area contributed by atoms with Gasteiger partial charge < -0.3 is 8.85 Å². The molecule has 0 spiro atoms. The Morgan fingerprint density at radius 2 is 1.75 bits per heavy atom. The van der Waals surface area contributed by atoms with Crippen molar-refractivity contribution in [2.45, 2.75) is 19.0 Å². The van der Waals surface area contributed by atoms with E-state index in [-0.39, 0.29) is 0 Å². The van der Waals surface area contributed by atoms with Crippen molar-refractivity contribution in [3.05, 3.63) is 30.3 Å². The molecule has 0 amide bonds. The molecule has 0 aliphatic heterocycles. The predicted octanol–water partition coefficient (Wildman–Crippen LogP) is 2.75. The fourth-order valence-electron chi connectivity index (χ4n) is 1.49.